The Bertz CT molecular complexity index is 731. The molecule has 1 heterocycles. The Morgan fingerprint density at radius 1 is 1.19 bits per heavy atom. The van der Waals surface area contributed by atoms with Gasteiger partial charge in [0.1, 0.15) is 5.82 Å². The fraction of sp³-hybridized carbons (Fsp3) is 0.526. The first-order chi connectivity index (χ1) is 12.6. The molecule has 0 unspecified atom stereocenters. The molecule has 0 bridgehead atoms. The van der Waals surface area contributed by atoms with Crippen molar-refractivity contribution in [1.82, 2.24) is 25.4 Å². The van der Waals surface area contributed by atoms with E-state index in [0.717, 1.165) is 28.2 Å². The molecule has 0 aliphatic heterocycles. The number of aryl methyl sites for hydroxylation is 1. The van der Waals surface area contributed by atoms with Gasteiger partial charge in [-0.15, -0.1) is 10.2 Å². The van der Waals surface area contributed by atoms with Crippen LogP contribution < -0.4 is 10.6 Å². The molecule has 1 fully saturated rings. The van der Waals surface area contributed by atoms with Crippen molar-refractivity contribution >= 4 is 17.6 Å². The fourth-order valence-corrected chi connectivity index (χ4v) is 3.25. The average molecular weight is 375 g/mol. The van der Waals surface area contributed by atoms with E-state index in [-0.39, 0.29) is 0 Å². The van der Waals surface area contributed by atoms with Gasteiger partial charge in [0.05, 0.1) is 13.1 Å². The normalized spacial score (nSPS) is 15.9. The fourth-order valence-electron chi connectivity index (χ4n) is 3.12. The molecule has 0 atom stereocenters. The number of nitrogens with one attached hydrogen (secondary N) is 2. The summed E-state index contributed by atoms with van der Waals surface area (Å²) in [6.45, 7) is 3.15. The maximum absolute atomic E-state index is 5.96. The van der Waals surface area contributed by atoms with Crippen molar-refractivity contribution in [2.45, 2.75) is 58.2 Å². The van der Waals surface area contributed by atoms with Crippen molar-refractivity contribution in [2.24, 2.45) is 12.0 Å². The molecule has 1 aromatic heterocycles. The van der Waals surface area contributed by atoms with Crippen LogP contribution in [0.3, 0.4) is 0 Å². The molecular formula is C19H27ClN6. The molecule has 2 aromatic rings. The molecule has 3 rings (SSSR count). The molecule has 140 valence electrons. The zero-order chi connectivity index (χ0) is 18.4. The van der Waals surface area contributed by atoms with Crippen molar-refractivity contribution in [2.75, 3.05) is 0 Å². The lowest BCUT2D eigenvalue weighted by atomic mass is 9.96. The minimum atomic E-state index is 0.487. The molecule has 1 saturated carbocycles. The smallest absolute Gasteiger partial charge is 0.192 e. The monoisotopic (exact) mass is 374 g/mol. The molecule has 26 heavy (non-hydrogen) atoms. The van der Waals surface area contributed by atoms with Gasteiger partial charge in [-0.1, -0.05) is 43.0 Å². The first-order valence-electron chi connectivity index (χ1n) is 9.26. The van der Waals surface area contributed by atoms with Gasteiger partial charge in [-0.05, 0) is 37.5 Å². The van der Waals surface area contributed by atoms with E-state index >= 15 is 0 Å². The van der Waals surface area contributed by atoms with Crippen LogP contribution in [0.4, 0.5) is 0 Å². The van der Waals surface area contributed by atoms with E-state index in [2.05, 4.69) is 20.8 Å². The number of halogens is 1. The van der Waals surface area contributed by atoms with Crippen LogP contribution in [0.2, 0.25) is 5.02 Å². The highest BCUT2D eigenvalue weighted by Crippen LogP contribution is 2.17. The van der Waals surface area contributed by atoms with E-state index in [1.54, 1.807) is 0 Å². The summed E-state index contributed by atoms with van der Waals surface area (Å²) in [5.74, 6) is 2.63. The van der Waals surface area contributed by atoms with E-state index < -0.39 is 0 Å². The maximum atomic E-state index is 5.96. The highest BCUT2D eigenvalue weighted by molar-refractivity contribution is 6.30. The quantitative estimate of drug-likeness (QED) is 0.622. The summed E-state index contributed by atoms with van der Waals surface area (Å²) in [5.41, 5.74) is 1.13. The van der Waals surface area contributed by atoms with Gasteiger partial charge in [0, 0.05) is 18.1 Å². The van der Waals surface area contributed by atoms with Crippen LogP contribution in [0.15, 0.2) is 29.3 Å². The SMILES string of the molecule is Cc1nnc(CNC(=NCc2ccc(Cl)cc2)NC2CCCCC2)n1C. The zero-order valence-electron chi connectivity index (χ0n) is 15.5. The molecule has 7 heteroatoms. The number of guanidine groups is 1. The molecule has 0 amide bonds. The third-order valence-corrected chi connectivity index (χ3v) is 5.13. The largest absolute Gasteiger partial charge is 0.354 e. The summed E-state index contributed by atoms with van der Waals surface area (Å²) in [7, 11) is 1.98. The maximum Gasteiger partial charge on any atom is 0.192 e. The second-order valence-electron chi connectivity index (χ2n) is 6.85. The molecule has 1 aliphatic rings. The number of benzene rings is 1. The van der Waals surface area contributed by atoms with Crippen LogP contribution in [-0.2, 0) is 20.1 Å². The third kappa shape index (κ3) is 5.21. The first kappa shape index (κ1) is 18.7. The van der Waals surface area contributed by atoms with Gasteiger partial charge in [-0.25, -0.2) is 4.99 Å². The summed E-state index contributed by atoms with van der Waals surface area (Å²) in [6.07, 6.45) is 6.30. The van der Waals surface area contributed by atoms with Crippen LogP contribution in [0.1, 0.15) is 49.3 Å². The van der Waals surface area contributed by atoms with Crippen LogP contribution in [0.25, 0.3) is 0 Å². The van der Waals surface area contributed by atoms with Crippen LogP contribution >= 0.6 is 11.6 Å². The number of hydrogen-bond donors (Lipinski definition) is 2. The Hall–Kier alpha value is -2.08. The van der Waals surface area contributed by atoms with Crippen LogP contribution in [0, 0.1) is 6.92 Å². The Morgan fingerprint density at radius 2 is 1.92 bits per heavy atom. The summed E-state index contributed by atoms with van der Waals surface area (Å²) in [4.78, 5) is 4.76. The van der Waals surface area contributed by atoms with Crippen LogP contribution in [0.5, 0.6) is 0 Å². The summed E-state index contributed by atoms with van der Waals surface area (Å²) >= 11 is 5.96. The summed E-state index contributed by atoms with van der Waals surface area (Å²) in [6, 6.07) is 8.31. The molecule has 2 N–H and O–H groups in total. The molecule has 1 aliphatic carbocycles. The molecule has 1 aromatic carbocycles. The Balaban J connectivity index is 1.66. The first-order valence-corrected chi connectivity index (χ1v) is 9.64. The summed E-state index contributed by atoms with van der Waals surface area (Å²) < 4.78 is 1.99. The van der Waals surface area contributed by atoms with Gasteiger partial charge >= 0.3 is 0 Å². The van der Waals surface area contributed by atoms with Gasteiger partial charge in [0.15, 0.2) is 11.8 Å². The van der Waals surface area contributed by atoms with E-state index in [1.807, 2.05) is 42.8 Å². The lowest BCUT2D eigenvalue weighted by molar-refractivity contribution is 0.409. The average Bonchev–Trinajstić information content (AvgIpc) is 2.98. The lowest BCUT2D eigenvalue weighted by Crippen LogP contribution is -2.44. The van der Waals surface area contributed by atoms with Gasteiger partial charge in [0.2, 0.25) is 0 Å². The third-order valence-electron chi connectivity index (χ3n) is 4.88. The minimum absolute atomic E-state index is 0.487. The van der Waals surface area contributed by atoms with Crippen molar-refractivity contribution in [3.63, 3.8) is 0 Å². The van der Waals surface area contributed by atoms with Crippen molar-refractivity contribution in [3.8, 4) is 0 Å². The Morgan fingerprint density at radius 3 is 2.58 bits per heavy atom. The lowest BCUT2D eigenvalue weighted by Gasteiger charge is -2.25. The van der Waals surface area contributed by atoms with E-state index in [9.17, 15) is 0 Å². The van der Waals surface area contributed by atoms with E-state index in [1.165, 1.54) is 32.1 Å². The number of nitrogens with zero attached hydrogens (tertiary/aromatic N) is 4. The summed E-state index contributed by atoms with van der Waals surface area (Å²) in [5, 5.41) is 16.1. The van der Waals surface area contributed by atoms with Crippen molar-refractivity contribution in [3.05, 3.63) is 46.5 Å². The second-order valence-corrected chi connectivity index (χ2v) is 7.28. The molecule has 0 saturated heterocycles. The van der Waals surface area contributed by atoms with Crippen molar-refractivity contribution < 1.29 is 0 Å². The number of hydrogen-bond acceptors (Lipinski definition) is 3. The van der Waals surface area contributed by atoms with Crippen LogP contribution in [-0.4, -0.2) is 26.8 Å². The standard InChI is InChI=1S/C19H27ClN6/c1-14-24-25-18(26(14)2)13-22-19(23-17-6-4-3-5-7-17)21-12-15-8-10-16(20)11-9-15/h8-11,17H,3-7,12-13H2,1-2H3,(H2,21,22,23). The molecule has 6 nitrogen and oxygen atoms in total. The molecule has 0 spiro atoms. The van der Waals surface area contributed by atoms with Crippen molar-refractivity contribution in [1.29, 1.82) is 0 Å². The van der Waals surface area contributed by atoms with Gasteiger partial charge in [-0.2, -0.15) is 0 Å². The van der Waals surface area contributed by atoms with Gasteiger partial charge < -0.3 is 15.2 Å². The van der Waals surface area contributed by atoms with Gasteiger partial charge in [-0.3, -0.25) is 0 Å². The van der Waals surface area contributed by atoms with E-state index in [4.69, 9.17) is 16.6 Å². The molecular weight excluding hydrogens is 348 g/mol. The molecule has 0 radical (unpaired) electrons. The predicted octanol–water partition coefficient (Wildman–Crippen LogP) is 3.35. The van der Waals surface area contributed by atoms with E-state index in [0.29, 0.717) is 19.1 Å². The second kappa shape index (κ2) is 9.03. The number of aliphatic imine (C=N–C) groups is 1. The number of rotatable bonds is 5. The Kier molecular flexibility index (Phi) is 6.50. The van der Waals surface area contributed by atoms with Gasteiger partial charge in [0.25, 0.3) is 0 Å². The Labute approximate surface area is 160 Å². The highest BCUT2D eigenvalue weighted by Gasteiger charge is 2.15. The zero-order valence-corrected chi connectivity index (χ0v) is 16.3. The minimum Gasteiger partial charge on any atom is -0.354 e. The topological polar surface area (TPSA) is 67.1 Å². The highest BCUT2D eigenvalue weighted by atomic mass is 35.5. The predicted molar refractivity (Wildman–Crippen MR) is 105 cm³/mol. The number of aromatic nitrogens is 3.